The molecular formula is C13H21NO4S. The minimum Gasteiger partial charge on any atom is -0.481 e. The molecule has 0 unspecified atom stereocenters. The van der Waals surface area contributed by atoms with Crippen molar-refractivity contribution in [1.82, 2.24) is 5.32 Å². The first kappa shape index (κ1) is 14.7. The second kappa shape index (κ2) is 6.61. The number of hydrogen-bond acceptors (Lipinski definition) is 4. The van der Waals surface area contributed by atoms with Gasteiger partial charge in [0.2, 0.25) is 5.91 Å². The van der Waals surface area contributed by atoms with Crippen molar-refractivity contribution < 1.29 is 19.4 Å². The minimum absolute atomic E-state index is 0.0103. The summed E-state index contributed by atoms with van der Waals surface area (Å²) in [6.45, 7) is 1.04. The summed E-state index contributed by atoms with van der Waals surface area (Å²) in [7, 11) is 0. The zero-order valence-corrected chi connectivity index (χ0v) is 11.8. The molecule has 6 heteroatoms. The highest BCUT2D eigenvalue weighted by Crippen LogP contribution is 2.28. The number of amides is 1. The molecule has 1 amide bonds. The van der Waals surface area contributed by atoms with Crippen LogP contribution < -0.4 is 5.32 Å². The Bertz CT molecular complexity index is 336. The Morgan fingerprint density at radius 3 is 2.47 bits per heavy atom. The topological polar surface area (TPSA) is 75.6 Å². The number of carbonyl (C=O) groups excluding carboxylic acids is 1. The van der Waals surface area contributed by atoms with E-state index >= 15 is 0 Å². The summed E-state index contributed by atoms with van der Waals surface area (Å²) in [5.41, 5.74) is -0.605. The number of carboxylic acids is 1. The predicted molar refractivity (Wildman–Crippen MR) is 73.2 cm³/mol. The fourth-order valence-corrected chi connectivity index (χ4v) is 3.83. The lowest BCUT2D eigenvalue weighted by Gasteiger charge is -2.38. The Morgan fingerprint density at radius 2 is 1.89 bits per heavy atom. The average Bonchev–Trinajstić information content (AvgIpc) is 2.39. The van der Waals surface area contributed by atoms with Gasteiger partial charge in [-0.2, -0.15) is 11.8 Å². The summed E-state index contributed by atoms with van der Waals surface area (Å²) in [4.78, 5) is 23.3. The van der Waals surface area contributed by atoms with Crippen LogP contribution in [-0.4, -0.2) is 47.2 Å². The van der Waals surface area contributed by atoms with Gasteiger partial charge in [0.15, 0.2) is 0 Å². The highest BCUT2D eigenvalue weighted by molar-refractivity contribution is 7.99. The van der Waals surface area contributed by atoms with Crippen molar-refractivity contribution in [2.45, 2.75) is 37.6 Å². The SMILES string of the molecule is O=C(O)CC1(NC(=O)C2CCSCC2)CCOCC1. The van der Waals surface area contributed by atoms with Crippen LogP contribution in [0.1, 0.15) is 32.1 Å². The Labute approximate surface area is 117 Å². The molecule has 0 saturated carbocycles. The van der Waals surface area contributed by atoms with Crippen LogP contribution >= 0.6 is 11.8 Å². The molecule has 0 aromatic heterocycles. The molecule has 2 fully saturated rings. The molecule has 0 radical (unpaired) electrons. The monoisotopic (exact) mass is 287 g/mol. The number of ether oxygens (including phenoxy) is 1. The lowest BCUT2D eigenvalue weighted by atomic mass is 9.85. The maximum Gasteiger partial charge on any atom is 0.305 e. The Morgan fingerprint density at radius 1 is 1.26 bits per heavy atom. The number of nitrogens with one attached hydrogen (secondary N) is 1. The van der Waals surface area contributed by atoms with Crippen LogP contribution in [0.4, 0.5) is 0 Å². The van der Waals surface area contributed by atoms with Gasteiger partial charge in [-0.3, -0.25) is 9.59 Å². The molecule has 2 N–H and O–H groups in total. The van der Waals surface area contributed by atoms with E-state index in [1.54, 1.807) is 0 Å². The van der Waals surface area contributed by atoms with Crippen LogP contribution in [0.3, 0.4) is 0 Å². The average molecular weight is 287 g/mol. The lowest BCUT2D eigenvalue weighted by Crippen LogP contribution is -2.54. The number of rotatable bonds is 4. The molecule has 0 bridgehead atoms. The molecule has 0 aromatic rings. The van der Waals surface area contributed by atoms with Crippen molar-refractivity contribution in [3.05, 3.63) is 0 Å². The Kier molecular flexibility index (Phi) is 5.10. The molecule has 0 aliphatic carbocycles. The maximum atomic E-state index is 12.3. The minimum atomic E-state index is -0.860. The molecule has 5 nitrogen and oxygen atoms in total. The standard InChI is InChI=1S/C13H21NO4S/c15-11(16)9-13(3-5-18-6-4-13)14-12(17)10-1-7-19-8-2-10/h10H,1-9H2,(H,14,17)(H,15,16). The van der Waals surface area contributed by atoms with Crippen molar-refractivity contribution in [2.75, 3.05) is 24.7 Å². The van der Waals surface area contributed by atoms with Crippen LogP contribution in [0.2, 0.25) is 0 Å². The molecule has 19 heavy (non-hydrogen) atoms. The Hall–Kier alpha value is -0.750. The quantitative estimate of drug-likeness (QED) is 0.814. The zero-order valence-electron chi connectivity index (χ0n) is 11.0. The van der Waals surface area contributed by atoms with Gasteiger partial charge in [0, 0.05) is 19.1 Å². The number of hydrogen-bond donors (Lipinski definition) is 2. The molecule has 108 valence electrons. The number of aliphatic carboxylic acids is 1. The second-order valence-corrected chi connectivity index (χ2v) is 6.56. The van der Waals surface area contributed by atoms with E-state index in [0.29, 0.717) is 26.1 Å². The van der Waals surface area contributed by atoms with Crippen molar-refractivity contribution in [2.24, 2.45) is 5.92 Å². The van der Waals surface area contributed by atoms with Gasteiger partial charge >= 0.3 is 5.97 Å². The number of thioether (sulfide) groups is 1. The molecule has 0 aromatic carbocycles. The molecule has 2 heterocycles. The summed E-state index contributed by atoms with van der Waals surface area (Å²) in [5, 5.41) is 12.1. The molecule has 0 atom stereocenters. The highest BCUT2D eigenvalue weighted by atomic mass is 32.2. The van der Waals surface area contributed by atoms with Gasteiger partial charge in [0.25, 0.3) is 0 Å². The first-order valence-electron chi connectivity index (χ1n) is 6.81. The van der Waals surface area contributed by atoms with Gasteiger partial charge in [0.1, 0.15) is 0 Å². The van der Waals surface area contributed by atoms with Gasteiger partial charge < -0.3 is 15.2 Å². The third-order valence-electron chi connectivity index (χ3n) is 3.92. The van der Waals surface area contributed by atoms with Crippen molar-refractivity contribution in [3.63, 3.8) is 0 Å². The third-order valence-corrected chi connectivity index (χ3v) is 4.97. The molecule has 0 spiro atoms. The summed E-state index contributed by atoms with van der Waals surface area (Å²) in [6, 6.07) is 0. The zero-order chi connectivity index (χ0) is 13.7. The second-order valence-electron chi connectivity index (χ2n) is 5.34. The maximum absolute atomic E-state index is 12.3. The van der Waals surface area contributed by atoms with Crippen molar-refractivity contribution >= 4 is 23.6 Å². The van der Waals surface area contributed by atoms with Crippen LogP contribution in [0.25, 0.3) is 0 Å². The fourth-order valence-electron chi connectivity index (χ4n) is 2.72. The molecule has 2 saturated heterocycles. The van der Waals surface area contributed by atoms with E-state index in [2.05, 4.69) is 5.32 Å². The molecular weight excluding hydrogens is 266 g/mol. The largest absolute Gasteiger partial charge is 0.481 e. The molecule has 2 aliphatic rings. The predicted octanol–water partition coefficient (Wildman–Crippen LogP) is 1.27. The number of carbonyl (C=O) groups is 2. The van der Waals surface area contributed by atoms with Gasteiger partial charge in [-0.05, 0) is 37.2 Å². The van der Waals surface area contributed by atoms with Crippen molar-refractivity contribution in [1.29, 1.82) is 0 Å². The van der Waals surface area contributed by atoms with E-state index in [4.69, 9.17) is 9.84 Å². The lowest BCUT2D eigenvalue weighted by molar-refractivity contribution is -0.141. The van der Waals surface area contributed by atoms with Crippen LogP contribution in [0.15, 0.2) is 0 Å². The van der Waals surface area contributed by atoms with E-state index in [0.717, 1.165) is 24.3 Å². The van der Waals surface area contributed by atoms with Gasteiger partial charge in [-0.1, -0.05) is 0 Å². The van der Waals surface area contributed by atoms with E-state index in [1.165, 1.54) is 0 Å². The molecule has 2 rings (SSSR count). The molecule has 2 aliphatic heterocycles. The highest BCUT2D eigenvalue weighted by Gasteiger charge is 2.38. The van der Waals surface area contributed by atoms with Crippen molar-refractivity contribution in [3.8, 4) is 0 Å². The van der Waals surface area contributed by atoms with Gasteiger partial charge in [0.05, 0.1) is 12.0 Å². The summed E-state index contributed by atoms with van der Waals surface area (Å²) in [5.74, 6) is 1.26. The van der Waals surface area contributed by atoms with Crippen LogP contribution in [0.5, 0.6) is 0 Å². The summed E-state index contributed by atoms with van der Waals surface area (Å²) >= 11 is 1.88. The summed E-state index contributed by atoms with van der Waals surface area (Å²) in [6.07, 6.45) is 2.97. The Balaban J connectivity index is 1.98. The number of carboxylic acid groups (broad SMARTS) is 1. The van der Waals surface area contributed by atoms with Crippen LogP contribution in [-0.2, 0) is 14.3 Å². The van der Waals surface area contributed by atoms with E-state index in [1.807, 2.05) is 11.8 Å². The first-order chi connectivity index (χ1) is 9.11. The van der Waals surface area contributed by atoms with E-state index < -0.39 is 11.5 Å². The first-order valence-corrected chi connectivity index (χ1v) is 7.96. The van der Waals surface area contributed by atoms with E-state index in [9.17, 15) is 9.59 Å². The van der Waals surface area contributed by atoms with Gasteiger partial charge in [-0.25, -0.2) is 0 Å². The fraction of sp³-hybridized carbons (Fsp3) is 0.846. The van der Waals surface area contributed by atoms with E-state index in [-0.39, 0.29) is 18.2 Å². The smallest absolute Gasteiger partial charge is 0.305 e. The third kappa shape index (κ3) is 4.11. The van der Waals surface area contributed by atoms with Crippen LogP contribution in [0, 0.1) is 5.92 Å². The normalized spacial score (nSPS) is 23.8. The van der Waals surface area contributed by atoms with Gasteiger partial charge in [-0.15, -0.1) is 0 Å². The summed E-state index contributed by atoms with van der Waals surface area (Å²) < 4.78 is 5.29.